The van der Waals surface area contributed by atoms with Crippen molar-refractivity contribution >= 4 is 0 Å². The molecule has 4 nitrogen and oxygen atoms in total. The number of nitriles is 1. The van der Waals surface area contributed by atoms with Gasteiger partial charge in [0.05, 0.1) is 5.69 Å². The van der Waals surface area contributed by atoms with Gasteiger partial charge in [0.1, 0.15) is 11.9 Å². The van der Waals surface area contributed by atoms with Crippen LogP contribution >= 0.6 is 0 Å². The molecular weight excluding hydrogens is 243 g/mol. The molecule has 0 radical (unpaired) electrons. The molecule has 0 amide bonds. The lowest BCUT2D eigenvalue weighted by Crippen LogP contribution is -2.19. The number of nitrogens with one attached hydrogen (secondary N) is 1. The maximum atomic E-state index is 13.5. The van der Waals surface area contributed by atoms with Gasteiger partial charge >= 0.3 is 0 Å². The summed E-state index contributed by atoms with van der Waals surface area (Å²) in [6, 6.07) is 6.56. The van der Waals surface area contributed by atoms with Crippen molar-refractivity contribution in [3.05, 3.63) is 47.8 Å². The van der Waals surface area contributed by atoms with Crippen LogP contribution in [-0.4, -0.2) is 16.1 Å². The maximum Gasteiger partial charge on any atom is 0.217 e. The summed E-state index contributed by atoms with van der Waals surface area (Å²) in [6.45, 7) is 4.74. The number of halogens is 1. The zero-order valence-corrected chi connectivity index (χ0v) is 10.9. The molecular formula is C14H15FN4. The van der Waals surface area contributed by atoms with E-state index in [0.717, 1.165) is 17.8 Å². The van der Waals surface area contributed by atoms with E-state index in [-0.39, 0.29) is 17.7 Å². The molecule has 1 aromatic carbocycles. The van der Waals surface area contributed by atoms with Crippen molar-refractivity contribution in [2.75, 3.05) is 6.54 Å². The highest BCUT2D eigenvalue weighted by atomic mass is 19.1. The molecule has 1 heterocycles. The fraction of sp³-hybridized carbons (Fsp3) is 0.286. The van der Waals surface area contributed by atoms with Crippen LogP contribution in [0.2, 0.25) is 0 Å². The molecule has 1 N–H and O–H groups in total. The summed E-state index contributed by atoms with van der Waals surface area (Å²) in [5, 5.41) is 12.3. The predicted octanol–water partition coefficient (Wildman–Crippen LogP) is 2.55. The Morgan fingerprint density at radius 3 is 3.00 bits per heavy atom. The molecule has 1 aromatic heterocycles. The minimum absolute atomic E-state index is 0.00959. The van der Waals surface area contributed by atoms with E-state index in [1.807, 2.05) is 19.9 Å². The molecule has 5 heteroatoms. The lowest BCUT2D eigenvalue weighted by atomic mass is 10.1. The molecule has 0 aliphatic heterocycles. The van der Waals surface area contributed by atoms with Crippen molar-refractivity contribution in [3.63, 3.8) is 0 Å². The Kier molecular flexibility index (Phi) is 3.93. The summed E-state index contributed by atoms with van der Waals surface area (Å²) in [4.78, 5) is 3.97. The number of imidazole rings is 1. The van der Waals surface area contributed by atoms with Crippen molar-refractivity contribution in [3.8, 4) is 11.8 Å². The van der Waals surface area contributed by atoms with E-state index in [9.17, 15) is 4.39 Å². The second-order valence-corrected chi connectivity index (χ2v) is 4.22. The highest BCUT2D eigenvalue weighted by molar-refractivity contribution is 5.45. The SMILES string of the molecule is CCNC(C)c1cc(F)ccc1-n1ccnc1C#N. The third-order valence-corrected chi connectivity index (χ3v) is 2.97. The largest absolute Gasteiger partial charge is 0.310 e. The first-order chi connectivity index (χ1) is 9.17. The molecule has 2 aromatic rings. The van der Waals surface area contributed by atoms with Crippen LogP contribution in [0, 0.1) is 17.1 Å². The minimum atomic E-state index is -0.290. The number of benzene rings is 1. The molecule has 0 fully saturated rings. The molecule has 0 bridgehead atoms. The topological polar surface area (TPSA) is 53.6 Å². The lowest BCUT2D eigenvalue weighted by molar-refractivity contribution is 0.580. The van der Waals surface area contributed by atoms with Crippen LogP contribution in [0.15, 0.2) is 30.6 Å². The Balaban J connectivity index is 2.54. The third kappa shape index (κ3) is 2.64. The summed E-state index contributed by atoms with van der Waals surface area (Å²) in [5.41, 5.74) is 1.57. The van der Waals surface area contributed by atoms with Crippen LogP contribution in [0.1, 0.15) is 31.3 Å². The van der Waals surface area contributed by atoms with Gasteiger partial charge < -0.3 is 5.32 Å². The van der Waals surface area contributed by atoms with Gasteiger partial charge in [-0.3, -0.25) is 4.57 Å². The predicted molar refractivity (Wildman–Crippen MR) is 70.3 cm³/mol. The smallest absolute Gasteiger partial charge is 0.217 e. The van der Waals surface area contributed by atoms with Crippen molar-refractivity contribution in [2.24, 2.45) is 0 Å². The van der Waals surface area contributed by atoms with Gasteiger partial charge in [0.25, 0.3) is 0 Å². The van der Waals surface area contributed by atoms with Crippen LogP contribution in [0.5, 0.6) is 0 Å². The number of aromatic nitrogens is 2. The van der Waals surface area contributed by atoms with Crippen LogP contribution in [0.4, 0.5) is 4.39 Å². The minimum Gasteiger partial charge on any atom is -0.310 e. The van der Waals surface area contributed by atoms with E-state index >= 15 is 0 Å². The van der Waals surface area contributed by atoms with E-state index in [4.69, 9.17) is 5.26 Å². The first-order valence-corrected chi connectivity index (χ1v) is 6.14. The van der Waals surface area contributed by atoms with Gasteiger partial charge in [0.2, 0.25) is 5.82 Å². The highest BCUT2D eigenvalue weighted by Crippen LogP contribution is 2.23. The second-order valence-electron chi connectivity index (χ2n) is 4.22. The molecule has 98 valence electrons. The zero-order chi connectivity index (χ0) is 13.8. The Morgan fingerprint density at radius 1 is 1.53 bits per heavy atom. The molecule has 0 saturated carbocycles. The summed E-state index contributed by atoms with van der Waals surface area (Å²) >= 11 is 0. The summed E-state index contributed by atoms with van der Waals surface area (Å²) in [6.07, 6.45) is 3.26. The van der Waals surface area contributed by atoms with Crippen LogP contribution in [-0.2, 0) is 0 Å². The molecule has 2 rings (SSSR count). The van der Waals surface area contributed by atoms with Gasteiger partial charge in [0.15, 0.2) is 0 Å². The van der Waals surface area contributed by atoms with Gasteiger partial charge in [-0.2, -0.15) is 5.26 Å². The van der Waals surface area contributed by atoms with E-state index in [0.29, 0.717) is 0 Å². The normalized spacial score (nSPS) is 12.1. The molecule has 1 atom stereocenters. The average molecular weight is 258 g/mol. The van der Waals surface area contributed by atoms with E-state index in [1.165, 1.54) is 12.1 Å². The van der Waals surface area contributed by atoms with Gasteiger partial charge in [-0.15, -0.1) is 0 Å². The monoisotopic (exact) mass is 258 g/mol. The summed E-state index contributed by atoms with van der Waals surface area (Å²) in [7, 11) is 0. The van der Waals surface area contributed by atoms with Crippen LogP contribution in [0.3, 0.4) is 0 Å². The van der Waals surface area contributed by atoms with Crippen molar-refractivity contribution in [1.29, 1.82) is 5.26 Å². The number of rotatable bonds is 4. The fourth-order valence-electron chi connectivity index (χ4n) is 2.09. The van der Waals surface area contributed by atoms with Crippen molar-refractivity contribution in [2.45, 2.75) is 19.9 Å². The van der Waals surface area contributed by atoms with E-state index in [1.54, 1.807) is 23.0 Å². The molecule has 0 aliphatic carbocycles. The first-order valence-electron chi connectivity index (χ1n) is 6.14. The van der Waals surface area contributed by atoms with Gasteiger partial charge in [-0.05, 0) is 37.2 Å². The maximum absolute atomic E-state index is 13.5. The lowest BCUT2D eigenvalue weighted by Gasteiger charge is -2.18. The quantitative estimate of drug-likeness (QED) is 0.917. The molecule has 19 heavy (non-hydrogen) atoms. The van der Waals surface area contributed by atoms with E-state index < -0.39 is 0 Å². The van der Waals surface area contributed by atoms with E-state index in [2.05, 4.69) is 10.3 Å². The molecule has 0 saturated heterocycles. The van der Waals surface area contributed by atoms with Crippen molar-refractivity contribution < 1.29 is 4.39 Å². The Labute approximate surface area is 111 Å². The van der Waals surface area contributed by atoms with Crippen LogP contribution < -0.4 is 5.32 Å². The number of hydrogen-bond acceptors (Lipinski definition) is 3. The van der Waals surface area contributed by atoms with Gasteiger partial charge in [-0.1, -0.05) is 6.92 Å². The Hall–Kier alpha value is -2.19. The summed E-state index contributed by atoms with van der Waals surface area (Å²) in [5.74, 6) is -0.00122. The Morgan fingerprint density at radius 2 is 2.32 bits per heavy atom. The van der Waals surface area contributed by atoms with Crippen LogP contribution in [0.25, 0.3) is 5.69 Å². The standard InChI is InChI=1S/C14H15FN4/c1-3-17-10(2)12-8-11(15)4-5-13(12)19-7-6-18-14(19)9-16/h4-8,10,17H,3H2,1-2H3. The molecule has 1 unspecified atom stereocenters. The number of nitrogens with zero attached hydrogens (tertiary/aromatic N) is 3. The Bertz CT molecular complexity index is 612. The first kappa shape index (κ1) is 13.2. The second kappa shape index (κ2) is 5.63. The number of hydrogen-bond donors (Lipinski definition) is 1. The zero-order valence-electron chi connectivity index (χ0n) is 10.9. The summed E-state index contributed by atoms with van der Waals surface area (Å²) < 4.78 is 15.1. The third-order valence-electron chi connectivity index (χ3n) is 2.97. The van der Waals surface area contributed by atoms with Gasteiger partial charge in [0, 0.05) is 18.4 Å². The highest BCUT2D eigenvalue weighted by Gasteiger charge is 2.14. The fourth-order valence-corrected chi connectivity index (χ4v) is 2.09. The average Bonchev–Trinajstić information content (AvgIpc) is 2.87. The van der Waals surface area contributed by atoms with Crippen molar-refractivity contribution in [1.82, 2.24) is 14.9 Å². The molecule has 0 aliphatic rings. The molecule has 0 spiro atoms. The van der Waals surface area contributed by atoms with Gasteiger partial charge in [-0.25, -0.2) is 9.37 Å².